The van der Waals surface area contributed by atoms with E-state index in [0.29, 0.717) is 11.4 Å². The quantitative estimate of drug-likeness (QED) is 0.795. The van der Waals surface area contributed by atoms with Crippen LogP contribution in [0.4, 0.5) is 4.39 Å². The summed E-state index contributed by atoms with van der Waals surface area (Å²) in [5.74, 6) is -0.382. The van der Waals surface area contributed by atoms with Gasteiger partial charge in [0, 0.05) is 11.1 Å². The highest BCUT2D eigenvalue weighted by atomic mass is 35.5. The van der Waals surface area contributed by atoms with E-state index in [1.165, 1.54) is 12.1 Å². The second-order valence-corrected chi connectivity index (χ2v) is 6.40. The van der Waals surface area contributed by atoms with Gasteiger partial charge in [-0.25, -0.2) is 15.2 Å². The Balaban J connectivity index is 1.59. The van der Waals surface area contributed by atoms with Crippen molar-refractivity contribution in [2.45, 2.75) is 31.5 Å². The number of carbonyl (C=O) groups excluding carboxylic acids is 1. The highest BCUT2D eigenvalue weighted by molar-refractivity contribution is 6.30. The van der Waals surface area contributed by atoms with Gasteiger partial charge in [-0.3, -0.25) is 4.79 Å². The molecule has 0 bridgehead atoms. The lowest BCUT2D eigenvalue weighted by Gasteiger charge is -2.17. The number of hydrogen-bond donors (Lipinski definition) is 3. The van der Waals surface area contributed by atoms with Crippen LogP contribution in [0.3, 0.4) is 0 Å². The minimum Gasteiger partial charge on any atom is -0.348 e. The standard InChI is InChI=1S/C18H19ClFN3O/c1-11(12-5-7-15(20)8-6-12)21-18(24)17-10-16(22-23-17)13-3-2-4-14(19)9-13/h2-9,11,16-17,22-23H,10H2,1H3,(H,21,24). The Morgan fingerprint density at radius 1 is 1.25 bits per heavy atom. The fourth-order valence-electron chi connectivity index (χ4n) is 2.82. The van der Waals surface area contributed by atoms with Crippen LogP contribution < -0.4 is 16.2 Å². The molecule has 2 aromatic carbocycles. The number of benzene rings is 2. The minimum atomic E-state index is -0.336. The van der Waals surface area contributed by atoms with Crippen LogP contribution in [0.25, 0.3) is 0 Å². The lowest BCUT2D eigenvalue weighted by Crippen LogP contribution is -2.43. The molecule has 3 atom stereocenters. The molecule has 1 fully saturated rings. The van der Waals surface area contributed by atoms with E-state index in [2.05, 4.69) is 16.2 Å². The second kappa shape index (κ2) is 7.30. The number of carbonyl (C=O) groups is 1. The molecule has 0 aromatic heterocycles. The summed E-state index contributed by atoms with van der Waals surface area (Å²) in [5.41, 5.74) is 8.06. The van der Waals surface area contributed by atoms with Crippen molar-refractivity contribution in [3.63, 3.8) is 0 Å². The van der Waals surface area contributed by atoms with Crippen LogP contribution in [0.5, 0.6) is 0 Å². The van der Waals surface area contributed by atoms with Crippen LogP contribution in [-0.2, 0) is 4.79 Å². The predicted octanol–water partition coefficient (Wildman–Crippen LogP) is 3.26. The second-order valence-electron chi connectivity index (χ2n) is 5.97. The molecular weight excluding hydrogens is 329 g/mol. The van der Waals surface area contributed by atoms with Crippen LogP contribution in [-0.4, -0.2) is 11.9 Å². The summed E-state index contributed by atoms with van der Waals surface area (Å²) in [5, 5.41) is 3.62. The van der Waals surface area contributed by atoms with Crippen molar-refractivity contribution in [3.8, 4) is 0 Å². The SMILES string of the molecule is CC(NC(=O)C1CC(c2cccc(Cl)c2)NN1)c1ccc(F)cc1. The van der Waals surface area contributed by atoms with Gasteiger partial charge in [0.05, 0.1) is 6.04 Å². The van der Waals surface area contributed by atoms with Gasteiger partial charge in [-0.05, 0) is 48.7 Å². The molecule has 3 unspecified atom stereocenters. The molecule has 0 aliphatic carbocycles. The first kappa shape index (κ1) is 16.9. The van der Waals surface area contributed by atoms with Crippen LogP contribution >= 0.6 is 11.6 Å². The molecule has 24 heavy (non-hydrogen) atoms. The van der Waals surface area contributed by atoms with Gasteiger partial charge in [0.25, 0.3) is 0 Å². The van der Waals surface area contributed by atoms with E-state index in [1.54, 1.807) is 12.1 Å². The predicted molar refractivity (Wildman–Crippen MR) is 91.8 cm³/mol. The van der Waals surface area contributed by atoms with Crippen LogP contribution in [0.1, 0.15) is 36.6 Å². The third-order valence-corrected chi connectivity index (χ3v) is 4.43. The van der Waals surface area contributed by atoms with Gasteiger partial charge in [0.15, 0.2) is 0 Å². The van der Waals surface area contributed by atoms with Gasteiger partial charge < -0.3 is 5.32 Å². The minimum absolute atomic E-state index is 0.0283. The van der Waals surface area contributed by atoms with Crippen molar-refractivity contribution < 1.29 is 9.18 Å². The Hall–Kier alpha value is -1.95. The van der Waals surface area contributed by atoms with Gasteiger partial charge in [-0.2, -0.15) is 0 Å². The van der Waals surface area contributed by atoms with Gasteiger partial charge in [-0.15, -0.1) is 0 Å². The zero-order chi connectivity index (χ0) is 17.1. The zero-order valence-corrected chi connectivity index (χ0v) is 14.0. The Morgan fingerprint density at radius 3 is 2.71 bits per heavy atom. The molecule has 6 heteroatoms. The first-order valence-electron chi connectivity index (χ1n) is 7.85. The molecular formula is C18H19ClFN3O. The first-order valence-corrected chi connectivity index (χ1v) is 8.23. The Bertz CT molecular complexity index is 722. The number of amides is 1. The molecule has 1 aliphatic rings. The normalized spacial score (nSPS) is 21.5. The van der Waals surface area contributed by atoms with E-state index >= 15 is 0 Å². The van der Waals surface area contributed by atoms with Gasteiger partial charge in [-0.1, -0.05) is 35.9 Å². The fourth-order valence-corrected chi connectivity index (χ4v) is 3.02. The summed E-state index contributed by atoms with van der Waals surface area (Å²) in [7, 11) is 0. The number of nitrogens with one attached hydrogen (secondary N) is 3. The molecule has 2 aromatic rings. The zero-order valence-electron chi connectivity index (χ0n) is 13.2. The van der Waals surface area contributed by atoms with Gasteiger partial charge in [0.2, 0.25) is 5.91 Å². The van der Waals surface area contributed by atoms with Gasteiger partial charge in [0.1, 0.15) is 11.9 Å². The molecule has 0 radical (unpaired) electrons. The number of rotatable bonds is 4. The maximum atomic E-state index is 13.0. The van der Waals surface area contributed by atoms with Crippen LogP contribution in [0.2, 0.25) is 5.02 Å². The van der Waals surface area contributed by atoms with Crippen molar-refractivity contribution in [2.24, 2.45) is 0 Å². The average Bonchev–Trinajstić information content (AvgIpc) is 3.05. The smallest absolute Gasteiger partial charge is 0.239 e. The van der Waals surface area contributed by atoms with E-state index in [9.17, 15) is 9.18 Å². The van der Waals surface area contributed by atoms with Crippen molar-refractivity contribution in [3.05, 3.63) is 70.5 Å². The van der Waals surface area contributed by atoms with E-state index in [1.807, 2.05) is 31.2 Å². The number of hydrazine groups is 1. The fraction of sp³-hybridized carbons (Fsp3) is 0.278. The highest BCUT2D eigenvalue weighted by Gasteiger charge is 2.30. The monoisotopic (exact) mass is 347 g/mol. The Morgan fingerprint density at radius 2 is 2.00 bits per heavy atom. The van der Waals surface area contributed by atoms with E-state index in [0.717, 1.165) is 11.1 Å². The van der Waals surface area contributed by atoms with Crippen LogP contribution in [0, 0.1) is 5.82 Å². The number of halogens is 2. The summed E-state index contributed by atoms with van der Waals surface area (Å²) < 4.78 is 13.0. The maximum absolute atomic E-state index is 13.0. The topological polar surface area (TPSA) is 53.2 Å². The maximum Gasteiger partial charge on any atom is 0.239 e. The van der Waals surface area contributed by atoms with Crippen molar-refractivity contribution in [1.29, 1.82) is 0 Å². The Kier molecular flexibility index (Phi) is 5.14. The van der Waals surface area contributed by atoms with Crippen LogP contribution in [0.15, 0.2) is 48.5 Å². The lowest BCUT2D eigenvalue weighted by atomic mass is 10.0. The third kappa shape index (κ3) is 3.93. The molecule has 3 N–H and O–H groups in total. The first-order chi connectivity index (χ1) is 11.5. The molecule has 1 aliphatic heterocycles. The molecule has 1 amide bonds. The molecule has 3 rings (SSSR count). The van der Waals surface area contributed by atoms with E-state index < -0.39 is 0 Å². The summed E-state index contributed by atoms with van der Waals surface area (Å²) >= 11 is 6.02. The molecule has 0 spiro atoms. The molecule has 1 saturated heterocycles. The number of hydrogen-bond acceptors (Lipinski definition) is 3. The summed E-state index contributed by atoms with van der Waals surface area (Å²) in [4.78, 5) is 12.4. The van der Waals surface area contributed by atoms with Crippen molar-refractivity contribution in [1.82, 2.24) is 16.2 Å². The largest absolute Gasteiger partial charge is 0.348 e. The van der Waals surface area contributed by atoms with E-state index in [4.69, 9.17) is 11.6 Å². The highest BCUT2D eigenvalue weighted by Crippen LogP contribution is 2.25. The van der Waals surface area contributed by atoms with Crippen molar-refractivity contribution in [2.75, 3.05) is 0 Å². The summed E-state index contributed by atoms with van der Waals surface area (Å²) in [6.45, 7) is 1.88. The van der Waals surface area contributed by atoms with E-state index in [-0.39, 0.29) is 29.8 Å². The average molecular weight is 348 g/mol. The van der Waals surface area contributed by atoms with Crippen molar-refractivity contribution >= 4 is 17.5 Å². The molecule has 1 heterocycles. The molecule has 0 saturated carbocycles. The summed E-state index contributed by atoms with van der Waals surface area (Å²) in [6, 6.07) is 13.2. The van der Waals surface area contributed by atoms with Gasteiger partial charge >= 0.3 is 0 Å². The molecule has 126 valence electrons. The Labute approximate surface area is 145 Å². The summed E-state index contributed by atoms with van der Waals surface area (Å²) in [6.07, 6.45) is 0.627. The third-order valence-electron chi connectivity index (χ3n) is 4.20. The lowest BCUT2D eigenvalue weighted by molar-refractivity contribution is -0.123. The molecule has 4 nitrogen and oxygen atoms in total.